The molecule has 27 heavy (non-hydrogen) atoms. The molecule has 1 aliphatic rings. The number of carbonyl (C=O) groups excluding carboxylic acids is 2. The molecule has 1 heterocycles. The van der Waals surface area contributed by atoms with E-state index in [4.69, 9.17) is 4.74 Å². The fourth-order valence-electron chi connectivity index (χ4n) is 3.01. The summed E-state index contributed by atoms with van der Waals surface area (Å²) in [6.45, 7) is 2.38. The fraction of sp³-hybridized carbons (Fsp3) is 0.300. The van der Waals surface area contributed by atoms with E-state index in [1.165, 1.54) is 17.7 Å². The van der Waals surface area contributed by atoms with Crippen molar-refractivity contribution in [3.63, 3.8) is 0 Å². The maximum absolute atomic E-state index is 12.3. The van der Waals surface area contributed by atoms with Crippen molar-refractivity contribution in [2.45, 2.75) is 26.4 Å². The molecule has 0 N–H and O–H groups in total. The van der Waals surface area contributed by atoms with E-state index < -0.39 is 16.8 Å². The van der Waals surface area contributed by atoms with Crippen LogP contribution >= 0.6 is 0 Å². The minimum absolute atomic E-state index is 0.0174. The first kappa shape index (κ1) is 18.6. The van der Waals surface area contributed by atoms with E-state index in [0.717, 1.165) is 12.1 Å². The van der Waals surface area contributed by atoms with Gasteiger partial charge in [-0.05, 0) is 41.8 Å². The molecular formula is C20H20N2O5. The third-order valence-electron chi connectivity index (χ3n) is 4.64. The summed E-state index contributed by atoms with van der Waals surface area (Å²) in [6, 6.07) is 13.6. The average molecular weight is 368 g/mol. The predicted molar refractivity (Wildman–Crippen MR) is 99.2 cm³/mol. The monoisotopic (exact) mass is 368 g/mol. The number of hydrogen-bond donors (Lipinski definition) is 0. The van der Waals surface area contributed by atoms with Crippen LogP contribution < -0.4 is 4.90 Å². The standard InChI is InChI=1S/C20H20N2O5/c1-2-14-3-7-17(8-4-14)21-12-16(11-19(21)23)20(24)27-13-15-5-9-18(10-6-15)22(25)26/h3-10,16H,2,11-13H2,1H3/t16-/m0/s1. The molecule has 1 fully saturated rings. The number of nitrogens with zero attached hydrogens (tertiary/aromatic N) is 2. The minimum atomic E-state index is -0.513. The van der Waals surface area contributed by atoms with Crippen LogP contribution in [-0.4, -0.2) is 23.3 Å². The average Bonchev–Trinajstić information content (AvgIpc) is 3.08. The topological polar surface area (TPSA) is 89.8 Å². The first-order valence-corrected chi connectivity index (χ1v) is 8.77. The quantitative estimate of drug-likeness (QED) is 0.443. The molecule has 0 spiro atoms. The first-order valence-electron chi connectivity index (χ1n) is 8.77. The van der Waals surface area contributed by atoms with Crippen molar-refractivity contribution in [3.05, 3.63) is 69.8 Å². The molecule has 0 saturated carbocycles. The number of ether oxygens (including phenoxy) is 1. The maximum atomic E-state index is 12.3. The van der Waals surface area contributed by atoms with Crippen molar-refractivity contribution in [1.29, 1.82) is 0 Å². The molecular weight excluding hydrogens is 348 g/mol. The molecule has 1 atom stereocenters. The van der Waals surface area contributed by atoms with Crippen LogP contribution in [-0.2, 0) is 27.4 Å². The molecule has 1 aliphatic heterocycles. The van der Waals surface area contributed by atoms with E-state index in [9.17, 15) is 19.7 Å². The number of nitro groups is 1. The molecule has 7 nitrogen and oxygen atoms in total. The number of non-ortho nitro benzene ring substituents is 1. The second kappa shape index (κ2) is 7.99. The number of anilines is 1. The number of aryl methyl sites for hydroxylation is 1. The van der Waals surface area contributed by atoms with Crippen LogP contribution in [0.25, 0.3) is 0 Å². The SMILES string of the molecule is CCc1ccc(N2C[C@@H](C(=O)OCc3ccc([N+](=O)[O-])cc3)CC2=O)cc1. The van der Waals surface area contributed by atoms with Gasteiger partial charge < -0.3 is 9.64 Å². The number of rotatable bonds is 6. The Hall–Kier alpha value is -3.22. The van der Waals surface area contributed by atoms with E-state index in [0.29, 0.717) is 12.1 Å². The molecule has 1 amide bonds. The summed E-state index contributed by atoms with van der Waals surface area (Å²) in [5, 5.41) is 10.7. The lowest BCUT2D eigenvalue weighted by molar-refractivity contribution is -0.384. The van der Waals surface area contributed by atoms with Crippen molar-refractivity contribution in [3.8, 4) is 0 Å². The van der Waals surface area contributed by atoms with Crippen LogP contribution in [0.2, 0.25) is 0 Å². The Morgan fingerprint density at radius 2 is 1.78 bits per heavy atom. The zero-order valence-corrected chi connectivity index (χ0v) is 15.0. The van der Waals surface area contributed by atoms with Gasteiger partial charge in [0.1, 0.15) is 6.61 Å². The van der Waals surface area contributed by atoms with Crippen LogP contribution in [0.4, 0.5) is 11.4 Å². The third kappa shape index (κ3) is 4.31. The molecule has 7 heteroatoms. The summed E-state index contributed by atoms with van der Waals surface area (Å²) in [7, 11) is 0. The van der Waals surface area contributed by atoms with Crippen LogP contribution in [0.15, 0.2) is 48.5 Å². The summed E-state index contributed by atoms with van der Waals surface area (Å²) in [4.78, 5) is 36.4. The van der Waals surface area contributed by atoms with Gasteiger partial charge in [-0.3, -0.25) is 19.7 Å². The Morgan fingerprint density at radius 1 is 1.15 bits per heavy atom. The molecule has 2 aromatic carbocycles. The van der Waals surface area contributed by atoms with Crippen LogP contribution in [0.3, 0.4) is 0 Å². The number of hydrogen-bond acceptors (Lipinski definition) is 5. The van der Waals surface area contributed by atoms with Gasteiger partial charge in [0.05, 0.1) is 10.8 Å². The van der Waals surface area contributed by atoms with Crippen LogP contribution in [0.5, 0.6) is 0 Å². The van der Waals surface area contributed by atoms with Crippen molar-refractivity contribution < 1.29 is 19.2 Å². The molecule has 140 valence electrons. The number of amides is 1. The molecule has 0 aliphatic carbocycles. The third-order valence-corrected chi connectivity index (χ3v) is 4.64. The van der Waals surface area contributed by atoms with Gasteiger partial charge in [0.25, 0.3) is 5.69 Å². The van der Waals surface area contributed by atoms with Gasteiger partial charge in [-0.1, -0.05) is 19.1 Å². The smallest absolute Gasteiger partial charge is 0.311 e. The number of nitro benzene ring substituents is 1. The Balaban J connectivity index is 1.57. The molecule has 0 unspecified atom stereocenters. The van der Waals surface area contributed by atoms with Gasteiger partial charge in [0.2, 0.25) is 5.91 Å². The summed E-state index contributed by atoms with van der Waals surface area (Å²) >= 11 is 0. The van der Waals surface area contributed by atoms with E-state index in [2.05, 4.69) is 6.92 Å². The molecule has 1 saturated heterocycles. The van der Waals surface area contributed by atoms with Crippen LogP contribution in [0.1, 0.15) is 24.5 Å². The zero-order valence-electron chi connectivity index (χ0n) is 15.0. The minimum Gasteiger partial charge on any atom is -0.461 e. The molecule has 0 radical (unpaired) electrons. The molecule has 3 rings (SSSR count). The first-order chi connectivity index (χ1) is 13.0. The number of esters is 1. The van der Waals surface area contributed by atoms with Crippen molar-refractivity contribution in [2.24, 2.45) is 5.92 Å². The lowest BCUT2D eigenvalue weighted by Gasteiger charge is -2.17. The highest BCUT2D eigenvalue weighted by Crippen LogP contribution is 2.26. The summed E-state index contributed by atoms with van der Waals surface area (Å²) in [6.07, 6.45) is 1.04. The van der Waals surface area contributed by atoms with Gasteiger partial charge in [-0.15, -0.1) is 0 Å². The van der Waals surface area contributed by atoms with E-state index >= 15 is 0 Å². The highest BCUT2D eigenvalue weighted by Gasteiger charge is 2.36. The Morgan fingerprint density at radius 3 is 2.37 bits per heavy atom. The van der Waals surface area contributed by atoms with Gasteiger partial charge >= 0.3 is 5.97 Å². The fourth-order valence-corrected chi connectivity index (χ4v) is 3.01. The van der Waals surface area contributed by atoms with E-state index in [1.54, 1.807) is 17.0 Å². The Kier molecular flexibility index (Phi) is 5.49. The lowest BCUT2D eigenvalue weighted by atomic mass is 10.1. The highest BCUT2D eigenvalue weighted by atomic mass is 16.6. The molecule has 2 aromatic rings. The summed E-state index contributed by atoms with van der Waals surface area (Å²) in [5.74, 6) is -1.05. The van der Waals surface area contributed by atoms with Gasteiger partial charge in [-0.2, -0.15) is 0 Å². The number of benzene rings is 2. The van der Waals surface area contributed by atoms with E-state index in [-0.39, 0.29) is 24.6 Å². The second-order valence-electron chi connectivity index (χ2n) is 6.46. The number of carbonyl (C=O) groups is 2. The summed E-state index contributed by atoms with van der Waals surface area (Å²) < 4.78 is 5.29. The van der Waals surface area contributed by atoms with Crippen LogP contribution in [0, 0.1) is 16.0 Å². The second-order valence-corrected chi connectivity index (χ2v) is 6.46. The van der Waals surface area contributed by atoms with Gasteiger partial charge in [-0.25, -0.2) is 0 Å². The maximum Gasteiger partial charge on any atom is 0.311 e. The molecule has 0 aromatic heterocycles. The van der Waals surface area contributed by atoms with Crippen molar-refractivity contribution in [2.75, 3.05) is 11.4 Å². The Labute approximate surface area is 156 Å². The van der Waals surface area contributed by atoms with E-state index in [1.807, 2.05) is 24.3 Å². The van der Waals surface area contributed by atoms with Crippen molar-refractivity contribution >= 4 is 23.3 Å². The Bertz CT molecular complexity index is 846. The lowest BCUT2D eigenvalue weighted by Crippen LogP contribution is -2.26. The van der Waals surface area contributed by atoms with Gasteiger partial charge in [0, 0.05) is 30.8 Å². The van der Waals surface area contributed by atoms with Crippen molar-refractivity contribution in [1.82, 2.24) is 0 Å². The highest BCUT2D eigenvalue weighted by molar-refractivity contribution is 5.99. The normalized spacial score (nSPS) is 16.4. The zero-order chi connectivity index (χ0) is 19.4. The predicted octanol–water partition coefficient (Wildman–Crippen LogP) is 3.25. The molecule has 0 bridgehead atoms. The summed E-state index contributed by atoms with van der Waals surface area (Å²) in [5.41, 5.74) is 2.61. The van der Waals surface area contributed by atoms with Gasteiger partial charge in [0.15, 0.2) is 0 Å². The largest absolute Gasteiger partial charge is 0.461 e.